The number of nitrogens with zero attached hydrogens (tertiary/aromatic N) is 1. The number of rotatable bonds is 8. The number of aromatic nitrogens is 2. The fraction of sp³-hybridized carbons (Fsp3) is 0.714. The van der Waals surface area contributed by atoms with E-state index in [4.69, 9.17) is 18.9 Å². The topological polar surface area (TPSA) is 140 Å². The van der Waals surface area contributed by atoms with Crippen LogP contribution in [0.1, 0.15) is 27.0 Å². The minimum absolute atomic E-state index is 0.00651. The monoisotopic (exact) mass is 441 g/mol. The second-order valence-corrected chi connectivity index (χ2v) is 10.4. The first-order chi connectivity index (χ1) is 12.6. The van der Waals surface area contributed by atoms with Crippen molar-refractivity contribution in [3.8, 4) is 0 Å². The van der Waals surface area contributed by atoms with E-state index in [1.807, 2.05) is 20.8 Å². The molecule has 0 saturated carbocycles. The molecule has 0 radical (unpaired) electrons. The van der Waals surface area contributed by atoms with Crippen molar-refractivity contribution in [2.45, 2.75) is 50.1 Å². The Morgan fingerprint density at radius 1 is 1.37 bits per heavy atom. The van der Waals surface area contributed by atoms with Crippen LogP contribution in [0.5, 0.6) is 0 Å². The molecular formula is C14H22N2O8PS2+. The summed E-state index contributed by atoms with van der Waals surface area (Å²) < 4.78 is 28.7. The van der Waals surface area contributed by atoms with Gasteiger partial charge in [0.1, 0.15) is 18.1 Å². The van der Waals surface area contributed by atoms with Gasteiger partial charge in [-0.15, -0.1) is 9.42 Å². The molecule has 0 bridgehead atoms. The van der Waals surface area contributed by atoms with E-state index in [1.54, 1.807) is 10.8 Å². The van der Waals surface area contributed by atoms with Gasteiger partial charge in [0.05, 0.1) is 6.61 Å². The van der Waals surface area contributed by atoms with E-state index in [0.717, 1.165) is 10.6 Å². The molecule has 2 heterocycles. The van der Waals surface area contributed by atoms with E-state index >= 15 is 0 Å². The maximum absolute atomic E-state index is 12.1. The van der Waals surface area contributed by atoms with Gasteiger partial charge < -0.3 is 14.6 Å². The largest absolute Gasteiger partial charge is 0.695 e. The van der Waals surface area contributed by atoms with Crippen molar-refractivity contribution in [1.29, 1.82) is 0 Å². The van der Waals surface area contributed by atoms with Gasteiger partial charge in [-0.1, -0.05) is 42.4 Å². The van der Waals surface area contributed by atoms with Gasteiger partial charge in [-0.3, -0.25) is 14.3 Å². The van der Waals surface area contributed by atoms with Gasteiger partial charge in [0.15, 0.2) is 12.3 Å². The van der Waals surface area contributed by atoms with Crippen molar-refractivity contribution >= 4 is 29.8 Å². The Balaban J connectivity index is 2.24. The fourth-order valence-corrected chi connectivity index (χ4v) is 4.87. The number of aliphatic hydroxyl groups excluding tert-OH is 1. The summed E-state index contributed by atoms with van der Waals surface area (Å²) in [6.45, 7) is 5.61. The van der Waals surface area contributed by atoms with Crippen molar-refractivity contribution in [1.82, 2.24) is 9.55 Å². The Morgan fingerprint density at radius 2 is 2.07 bits per heavy atom. The molecule has 152 valence electrons. The van der Waals surface area contributed by atoms with Crippen LogP contribution in [0.4, 0.5) is 0 Å². The number of aromatic amines is 1. The summed E-state index contributed by atoms with van der Waals surface area (Å²) in [5.74, 6) is 0.185. The first-order valence-corrected chi connectivity index (χ1v) is 11.4. The van der Waals surface area contributed by atoms with Gasteiger partial charge in [-0.05, 0) is 0 Å². The third kappa shape index (κ3) is 6.40. The first kappa shape index (κ1) is 22.6. The molecule has 1 aromatic rings. The molecule has 27 heavy (non-hydrogen) atoms. The van der Waals surface area contributed by atoms with E-state index in [0.29, 0.717) is 0 Å². The van der Waals surface area contributed by atoms with Crippen LogP contribution in [0.25, 0.3) is 0 Å². The molecule has 3 N–H and O–H groups in total. The summed E-state index contributed by atoms with van der Waals surface area (Å²) in [7, 11) is 0.0126. The van der Waals surface area contributed by atoms with E-state index in [2.05, 4.69) is 4.98 Å². The predicted molar refractivity (Wildman–Crippen MR) is 102 cm³/mol. The number of ether oxygens (including phenoxy) is 2. The molecule has 0 aromatic carbocycles. The number of hydrogen-bond acceptors (Lipinski definition) is 9. The van der Waals surface area contributed by atoms with Gasteiger partial charge in [0, 0.05) is 21.6 Å². The van der Waals surface area contributed by atoms with Crippen molar-refractivity contribution in [2.75, 3.05) is 12.5 Å². The Hall–Kier alpha value is -0.720. The molecule has 1 fully saturated rings. The maximum atomic E-state index is 12.1. The van der Waals surface area contributed by atoms with E-state index in [9.17, 15) is 19.3 Å². The lowest BCUT2D eigenvalue weighted by Crippen LogP contribution is -2.39. The van der Waals surface area contributed by atoms with Gasteiger partial charge in [-0.2, -0.15) is 0 Å². The molecule has 1 aromatic heterocycles. The number of H-pyrrole nitrogens is 1. The zero-order valence-electron chi connectivity index (χ0n) is 14.9. The SMILES string of the molecule is CC(C)(C)SSCO[C@H]1C(O[P+](=O)O)[C@@H](CO)O[C@H]1n1ccc(=O)[nH]c1=O. The predicted octanol–water partition coefficient (Wildman–Crippen LogP) is 0.984. The van der Waals surface area contributed by atoms with Crippen LogP contribution in [0.2, 0.25) is 0 Å². The van der Waals surface area contributed by atoms with E-state index in [1.165, 1.54) is 17.0 Å². The van der Waals surface area contributed by atoms with Crippen LogP contribution >= 0.6 is 29.8 Å². The summed E-state index contributed by atoms with van der Waals surface area (Å²) in [6.07, 6.45) is -2.83. The van der Waals surface area contributed by atoms with Crippen LogP contribution in [-0.2, 0) is 18.6 Å². The molecule has 5 atom stereocenters. The number of hydrogen-bond donors (Lipinski definition) is 3. The van der Waals surface area contributed by atoms with E-state index < -0.39 is 50.7 Å². The van der Waals surface area contributed by atoms with Crippen LogP contribution in [0, 0.1) is 0 Å². The second kappa shape index (κ2) is 9.66. The molecule has 1 aliphatic heterocycles. The van der Waals surface area contributed by atoms with Crippen molar-refractivity contribution < 1.29 is 28.6 Å². The summed E-state index contributed by atoms with van der Waals surface area (Å²) >= 11 is 0. The molecular weight excluding hydrogens is 419 g/mol. The Labute approximate surface area is 164 Å². The molecule has 13 heteroatoms. The Bertz CT molecular complexity index is 764. The summed E-state index contributed by atoms with van der Waals surface area (Å²) in [6, 6.07) is 1.14. The normalized spacial score (nSPS) is 26.3. The number of nitrogens with one attached hydrogen (secondary N) is 1. The lowest BCUT2D eigenvalue weighted by atomic mass is 10.1. The van der Waals surface area contributed by atoms with Crippen LogP contribution in [-0.4, -0.2) is 55.2 Å². The molecule has 1 saturated heterocycles. The fourth-order valence-electron chi connectivity index (χ4n) is 2.42. The molecule has 2 rings (SSSR count). The quantitative estimate of drug-likeness (QED) is 0.231. The first-order valence-electron chi connectivity index (χ1n) is 7.95. The molecule has 0 amide bonds. The lowest BCUT2D eigenvalue weighted by molar-refractivity contribution is -0.0648. The molecule has 0 aliphatic carbocycles. The molecule has 10 nitrogen and oxygen atoms in total. The van der Waals surface area contributed by atoms with Crippen molar-refractivity contribution in [3.05, 3.63) is 33.1 Å². The average molecular weight is 441 g/mol. The maximum Gasteiger partial charge on any atom is 0.695 e. The highest BCUT2D eigenvalue weighted by Crippen LogP contribution is 2.39. The van der Waals surface area contributed by atoms with Crippen molar-refractivity contribution in [2.24, 2.45) is 0 Å². The van der Waals surface area contributed by atoms with Crippen LogP contribution in [0.15, 0.2) is 21.9 Å². The van der Waals surface area contributed by atoms with Gasteiger partial charge in [-0.25, -0.2) is 4.79 Å². The van der Waals surface area contributed by atoms with Crippen LogP contribution in [0.3, 0.4) is 0 Å². The average Bonchev–Trinajstić information content (AvgIpc) is 2.87. The molecule has 1 aliphatic rings. The lowest BCUT2D eigenvalue weighted by Gasteiger charge is -2.22. The second-order valence-electron chi connectivity index (χ2n) is 6.64. The zero-order valence-corrected chi connectivity index (χ0v) is 17.5. The molecule has 0 spiro atoms. The van der Waals surface area contributed by atoms with Crippen molar-refractivity contribution in [3.63, 3.8) is 0 Å². The summed E-state index contributed by atoms with van der Waals surface area (Å²) in [5, 5.41) is 9.53. The highest BCUT2D eigenvalue weighted by Gasteiger charge is 2.51. The van der Waals surface area contributed by atoms with Crippen LogP contribution < -0.4 is 11.2 Å². The highest BCUT2D eigenvalue weighted by molar-refractivity contribution is 8.77. The summed E-state index contributed by atoms with van der Waals surface area (Å²) in [4.78, 5) is 34.6. The van der Waals surface area contributed by atoms with Gasteiger partial charge in [0.25, 0.3) is 5.56 Å². The van der Waals surface area contributed by atoms with Gasteiger partial charge >= 0.3 is 13.9 Å². The number of aliphatic hydroxyl groups is 1. The summed E-state index contributed by atoms with van der Waals surface area (Å²) in [5.41, 5.74) is -1.31. The zero-order chi connectivity index (χ0) is 20.2. The third-order valence-electron chi connectivity index (χ3n) is 3.42. The van der Waals surface area contributed by atoms with E-state index in [-0.39, 0.29) is 10.7 Å². The minimum atomic E-state index is -2.99. The Morgan fingerprint density at radius 3 is 2.63 bits per heavy atom. The highest BCUT2D eigenvalue weighted by atomic mass is 33.1. The smallest absolute Gasteiger partial charge is 0.394 e. The minimum Gasteiger partial charge on any atom is -0.394 e. The Kier molecular flexibility index (Phi) is 8.07. The third-order valence-corrected chi connectivity index (χ3v) is 6.84. The standard InChI is InChI=1S/C14H21N2O8PS2/c1-14(2,3)27-26-7-22-11-10(24-25(20)21)8(6-17)23-12(11)16-5-4-9(18)15-13(16)19/h4-5,8,10-12,17H,6-7H2,1-3H3,(H-,15,18,19,20,21)/p+1/t8-,10?,11+,12-/m1/s1. The molecule has 2 unspecified atom stereocenters. The van der Waals surface area contributed by atoms with Gasteiger partial charge in [0.2, 0.25) is 0 Å².